The SMILES string of the molecule is COCCNC(=O)c1ccc(C#CCN)c(F)c1. The third-order valence-electron chi connectivity index (χ3n) is 2.15. The lowest BCUT2D eigenvalue weighted by Gasteiger charge is -2.05. The molecule has 18 heavy (non-hydrogen) atoms. The Balaban J connectivity index is 2.74. The zero-order valence-corrected chi connectivity index (χ0v) is 10.1. The van der Waals surface area contributed by atoms with E-state index in [9.17, 15) is 9.18 Å². The molecule has 3 N–H and O–H groups in total. The number of carbonyl (C=O) groups is 1. The van der Waals surface area contributed by atoms with Crippen molar-refractivity contribution >= 4 is 5.91 Å². The highest BCUT2D eigenvalue weighted by atomic mass is 19.1. The average molecular weight is 250 g/mol. The summed E-state index contributed by atoms with van der Waals surface area (Å²) >= 11 is 0. The van der Waals surface area contributed by atoms with Crippen molar-refractivity contribution in [1.82, 2.24) is 5.32 Å². The number of ether oxygens (including phenoxy) is 1. The minimum absolute atomic E-state index is 0.165. The highest BCUT2D eigenvalue weighted by Crippen LogP contribution is 2.09. The van der Waals surface area contributed by atoms with Gasteiger partial charge in [0.15, 0.2) is 0 Å². The van der Waals surface area contributed by atoms with Crippen molar-refractivity contribution in [1.29, 1.82) is 0 Å². The second-order valence-corrected chi connectivity index (χ2v) is 3.45. The van der Waals surface area contributed by atoms with Gasteiger partial charge in [-0.25, -0.2) is 4.39 Å². The Hall–Kier alpha value is -1.90. The zero-order valence-electron chi connectivity index (χ0n) is 10.1. The maximum absolute atomic E-state index is 13.6. The number of rotatable bonds is 4. The lowest BCUT2D eigenvalue weighted by Crippen LogP contribution is -2.27. The first-order valence-electron chi connectivity index (χ1n) is 5.44. The van der Waals surface area contributed by atoms with E-state index in [0.29, 0.717) is 13.2 Å². The summed E-state index contributed by atoms with van der Waals surface area (Å²) < 4.78 is 18.4. The van der Waals surface area contributed by atoms with E-state index in [0.717, 1.165) is 6.07 Å². The van der Waals surface area contributed by atoms with Gasteiger partial charge in [0.2, 0.25) is 0 Å². The van der Waals surface area contributed by atoms with Gasteiger partial charge in [-0.3, -0.25) is 4.79 Å². The number of hydrogen-bond donors (Lipinski definition) is 2. The van der Waals surface area contributed by atoms with Gasteiger partial charge in [-0.15, -0.1) is 0 Å². The van der Waals surface area contributed by atoms with Crippen LogP contribution in [0, 0.1) is 17.7 Å². The minimum atomic E-state index is -0.532. The quantitative estimate of drug-likeness (QED) is 0.604. The van der Waals surface area contributed by atoms with Gasteiger partial charge in [-0.2, -0.15) is 0 Å². The monoisotopic (exact) mass is 250 g/mol. The van der Waals surface area contributed by atoms with Crippen molar-refractivity contribution in [2.75, 3.05) is 26.8 Å². The minimum Gasteiger partial charge on any atom is -0.383 e. The highest BCUT2D eigenvalue weighted by Gasteiger charge is 2.08. The normalized spacial score (nSPS) is 9.50. The van der Waals surface area contributed by atoms with Crippen LogP contribution < -0.4 is 11.1 Å². The van der Waals surface area contributed by atoms with Gasteiger partial charge in [-0.1, -0.05) is 11.8 Å². The molecule has 0 aliphatic carbocycles. The summed E-state index contributed by atoms with van der Waals surface area (Å²) in [6.07, 6.45) is 0. The summed E-state index contributed by atoms with van der Waals surface area (Å²) in [5, 5.41) is 2.60. The fourth-order valence-corrected chi connectivity index (χ4v) is 1.27. The lowest BCUT2D eigenvalue weighted by molar-refractivity contribution is 0.0936. The molecule has 0 aromatic heterocycles. The van der Waals surface area contributed by atoms with Crippen LogP contribution in [0.2, 0.25) is 0 Å². The number of amides is 1. The van der Waals surface area contributed by atoms with Gasteiger partial charge in [0.25, 0.3) is 5.91 Å². The molecule has 1 aromatic rings. The summed E-state index contributed by atoms with van der Waals surface area (Å²) in [6.45, 7) is 0.957. The van der Waals surface area contributed by atoms with Crippen LogP contribution >= 0.6 is 0 Å². The Morgan fingerprint density at radius 2 is 2.33 bits per heavy atom. The predicted octanol–water partition coefficient (Wildman–Crippen LogP) is 0.512. The second-order valence-electron chi connectivity index (χ2n) is 3.45. The largest absolute Gasteiger partial charge is 0.383 e. The first-order valence-corrected chi connectivity index (χ1v) is 5.44. The van der Waals surface area contributed by atoms with E-state index in [4.69, 9.17) is 10.5 Å². The van der Waals surface area contributed by atoms with Crippen LogP contribution in [-0.4, -0.2) is 32.7 Å². The van der Waals surface area contributed by atoms with Crippen molar-refractivity contribution < 1.29 is 13.9 Å². The van der Waals surface area contributed by atoms with Gasteiger partial charge in [0.1, 0.15) is 5.82 Å². The molecule has 0 heterocycles. The van der Waals surface area contributed by atoms with E-state index in [2.05, 4.69) is 17.2 Å². The van der Waals surface area contributed by atoms with Crippen LogP contribution in [0.25, 0.3) is 0 Å². The molecule has 0 radical (unpaired) electrons. The van der Waals surface area contributed by atoms with Crippen molar-refractivity contribution in [3.8, 4) is 11.8 Å². The van der Waals surface area contributed by atoms with Crippen LogP contribution in [0.4, 0.5) is 4.39 Å². The third kappa shape index (κ3) is 4.17. The van der Waals surface area contributed by atoms with Crippen LogP contribution in [0.1, 0.15) is 15.9 Å². The van der Waals surface area contributed by atoms with E-state index in [-0.39, 0.29) is 23.6 Å². The van der Waals surface area contributed by atoms with E-state index >= 15 is 0 Å². The standard InChI is InChI=1S/C13H15FN2O2/c1-18-8-7-16-13(17)11-5-4-10(3-2-6-15)12(14)9-11/h4-5,9H,6-8,15H2,1H3,(H,16,17). The maximum Gasteiger partial charge on any atom is 0.251 e. The molecule has 0 unspecified atom stereocenters. The Kier molecular flexibility index (Phi) is 5.85. The molecule has 4 nitrogen and oxygen atoms in total. The molecule has 0 saturated carbocycles. The van der Waals surface area contributed by atoms with Gasteiger partial charge < -0.3 is 15.8 Å². The third-order valence-corrected chi connectivity index (χ3v) is 2.15. The number of nitrogens with two attached hydrogens (primary N) is 1. The number of carbonyl (C=O) groups excluding carboxylic acids is 1. The molecular formula is C13H15FN2O2. The molecule has 0 spiro atoms. The van der Waals surface area contributed by atoms with Crippen molar-refractivity contribution in [3.05, 3.63) is 35.1 Å². The van der Waals surface area contributed by atoms with Gasteiger partial charge in [0.05, 0.1) is 18.7 Å². The maximum atomic E-state index is 13.6. The van der Waals surface area contributed by atoms with Crippen LogP contribution in [0.3, 0.4) is 0 Å². The van der Waals surface area contributed by atoms with E-state index in [1.165, 1.54) is 19.2 Å². The Bertz CT molecular complexity index is 478. The van der Waals surface area contributed by atoms with Crippen molar-refractivity contribution in [2.24, 2.45) is 5.73 Å². The van der Waals surface area contributed by atoms with E-state index in [1.807, 2.05) is 0 Å². The Morgan fingerprint density at radius 1 is 1.56 bits per heavy atom. The summed E-state index contributed by atoms with van der Waals surface area (Å²) in [5.74, 6) is 4.27. The molecule has 0 bridgehead atoms. The van der Waals surface area contributed by atoms with Gasteiger partial charge in [0, 0.05) is 19.2 Å². The first-order chi connectivity index (χ1) is 8.69. The van der Waals surface area contributed by atoms with Gasteiger partial charge >= 0.3 is 0 Å². The number of hydrogen-bond acceptors (Lipinski definition) is 3. The Morgan fingerprint density at radius 3 is 2.94 bits per heavy atom. The van der Waals surface area contributed by atoms with Crippen LogP contribution in [-0.2, 0) is 4.74 Å². The topological polar surface area (TPSA) is 64.3 Å². The molecule has 1 aromatic carbocycles. The molecule has 1 amide bonds. The molecule has 0 aliphatic rings. The molecule has 0 fully saturated rings. The van der Waals surface area contributed by atoms with Crippen LogP contribution in [0.5, 0.6) is 0 Å². The zero-order chi connectivity index (χ0) is 13.4. The highest BCUT2D eigenvalue weighted by molar-refractivity contribution is 5.94. The van der Waals surface area contributed by atoms with Crippen molar-refractivity contribution in [3.63, 3.8) is 0 Å². The summed E-state index contributed by atoms with van der Waals surface area (Å²) in [6, 6.07) is 4.14. The number of methoxy groups -OCH3 is 1. The molecule has 1 rings (SSSR count). The van der Waals surface area contributed by atoms with E-state index in [1.54, 1.807) is 0 Å². The Labute approximate surface area is 105 Å². The second kappa shape index (κ2) is 7.43. The predicted molar refractivity (Wildman–Crippen MR) is 66.5 cm³/mol. The lowest BCUT2D eigenvalue weighted by atomic mass is 10.1. The molecular weight excluding hydrogens is 235 g/mol. The molecule has 0 saturated heterocycles. The molecule has 0 atom stereocenters. The summed E-state index contributed by atoms with van der Waals surface area (Å²) in [4.78, 5) is 11.6. The van der Waals surface area contributed by atoms with Gasteiger partial charge in [-0.05, 0) is 18.2 Å². The number of benzene rings is 1. The summed E-state index contributed by atoms with van der Waals surface area (Å²) in [5.41, 5.74) is 5.68. The summed E-state index contributed by atoms with van der Waals surface area (Å²) in [7, 11) is 1.54. The van der Waals surface area contributed by atoms with Crippen molar-refractivity contribution in [2.45, 2.75) is 0 Å². The number of nitrogens with one attached hydrogen (secondary N) is 1. The average Bonchev–Trinajstić information content (AvgIpc) is 2.37. The van der Waals surface area contributed by atoms with Crippen LogP contribution in [0.15, 0.2) is 18.2 Å². The fourth-order valence-electron chi connectivity index (χ4n) is 1.27. The molecule has 96 valence electrons. The van der Waals surface area contributed by atoms with E-state index < -0.39 is 5.82 Å². The number of halogens is 1. The molecule has 5 heteroatoms. The molecule has 0 aliphatic heterocycles. The fraction of sp³-hybridized carbons (Fsp3) is 0.308. The smallest absolute Gasteiger partial charge is 0.251 e. The first kappa shape index (κ1) is 14.2.